The molecule has 2 nitrogen and oxygen atoms in total. The molecule has 0 aliphatic heterocycles. The molecule has 2 heteroatoms. The van der Waals surface area contributed by atoms with Gasteiger partial charge in [0.1, 0.15) is 0 Å². The third-order valence-corrected chi connectivity index (χ3v) is 3.70. The highest BCUT2D eigenvalue weighted by Gasteiger charge is 1.96. The van der Waals surface area contributed by atoms with Gasteiger partial charge in [0.25, 0.3) is 0 Å². The van der Waals surface area contributed by atoms with E-state index in [2.05, 4.69) is 30.3 Å². The average Bonchev–Trinajstić information content (AvgIpc) is 2.59. The molecule has 2 rings (SSSR count). The van der Waals surface area contributed by atoms with Crippen molar-refractivity contribution in [1.82, 2.24) is 0 Å². The Morgan fingerprint density at radius 3 is 2.23 bits per heavy atom. The summed E-state index contributed by atoms with van der Waals surface area (Å²) in [5, 5.41) is 8.76. The van der Waals surface area contributed by atoms with Gasteiger partial charge in [0, 0.05) is 6.61 Å². The summed E-state index contributed by atoms with van der Waals surface area (Å²) in [5.41, 5.74) is 3.29. The molecule has 0 aliphatic rings. The zero-order chi connectivity index (χ0) is 15.5. The summed E-state index contributed by atoms with van der Waals surface area (Å²) in [4.78, 5) is 0. The van der Waals surface area contributed by atoms with E-state index in [0.717, 1.165) is 25.0 Å². The summed E-state index contributed by atoms with van der Waals surface area (Å²) in [6.07, 6.45) is 5.86. The van der Waals surface area contributed by atoms with Crippen LogP contribution in [-0.2, 0) is 17.8 Å². The molecular formula is C20H23NO. The van der Waals surface area contributed by atoms with Crippen molar-refractivity contribution in [2.45, 2.75) is 38.7 Å². The van der Waals surface area contributed by atoms with Crippen LogP contribution in [0.15, 0.2) is 54.6 Å². The minimum absolute atomic E-state index is 0.714. The quantitative estimate of drug-likeness (QED) is 0.617. The minimum Gasteiger partial charge on any atom is -0.377 e. The van der Waals surface area contributed by atoms with E-state index in [4.69, 9.17) is 10.00 Å². The summed E-state index contributed by atoms with van der Waals surface area (Å²) in [6.45, 7) is 1.55. The summed E-state index contributed by atoms with van der Waals surface area (Å²) in [5.74, 6) is 0. The molecule has 0 saturated carbocycles. The third-order valence-electron chi connectivity index (χ3n) is 3.70. The highest BCUT2D eigenvalue weighted by atomic mass is 16.5. The second-order valence-corrected chi connectivity index (χ2v) is 5.51. The predicted octanol–water partition coefficient (Wildman–Crippen LogP) is 4.88. The fourth-order valence-electron chi connectivity index (χ4n) is 2.40. The van der Waals surface area contributed by atoms with Crippen LogP contribution in [0.5, 0.6) is 0 Å². The van der Waals surface area contributed by atoms with Crippen LogP contribution in [-0.4, -0.2) is 6.61 Å². The van der Waals surface area contributed by atoms with Crippen LogP contribution in [0.1, 0.15) is 42.4 Å². The fraction of sp³-hybridized carbons (Fsp3) is 0.350. The highest BCUT2D eigenvalue weighted by Crippen LogP contribution is 2.10. The van der Waals surface area contributed by atoms with Crippen LogP contribution in [0, 0.1) is 11.3 Å². The van der Waals surface area contributed by atoms with Crippen molar-refractivity contribution < 1.29 is 4.74 Å². The molecule has 0 amide bonds. The van der Waals surface area contributed by atoms with E-state index in [0.29, 0.717) is 6.61 Å². The van der Waals surface area contributed by atoms with Crippen molar-refractivity contribution in [1.29, 1.82) is 5.26 Å². The Balaban J connectivity index is 1.48. The molecule has 0 N–H and O–H groups in total. The lowest BCUT2D eigenvalue weighted by atomic mass is 10.0. The van der Waals surface area contributed by atoms with Gasteiger partial charge in [-0.2, -0.15) is 5.26 Å². The molecule has 0 aliphatic carbocycles. The van der Waals surface area contributed by atoms with Gasteiger partial charge in [-0.1, -0.05) is 55.3 Å². The molecule has 22 heavy (non-hydrogen) atoms. The number of rotatable bonds is 9. The van der Waals surface area contributed by atoms with Gasteiger partial charge in [-0.25, -0.2) is 0 Å². The molecule has 0 heterocycles. The zero-order valence-electron chi connectivity index (χ0n) is 13.0. The number of benzene rings is 2. The number of ether oxygens (including phenoxy) is 1. The van der Waals surface area contributed by atoms with E-state index in [1.807, 2.05) is 30.3 Å². The number of nitrogens with zero attached hydrogens (tertiary/aromatic N) is 1. The monoisotopic (exact) mass is 293 g/mol. The van der Waals surface area contributed by atoms with Gasteiger partial charge in [-0.3, -0.25) is 0 Å². The maximum Gasteiger partial charge on any atom is 0.0991 e. The Morgan fingerprint density at radius 1 is 0.773 bits per heavy atom. The average molecular weight is 293 g/mol. The number of nitriles is 1. The van der Waals surface area contributed by atoms with Crippen LogP contribution in [0.2, 0.25) is 0 Å². The van der Waals surface area contributed by atoms with Crippen molar-refractivity contribution in [3.8, 4) is 6.07 Å². The molecule has 0 fully saturated rings. The second kappa shape index (κ2) is 9.76. The SMILES string of the molecule is N#Cc1ccc(CCCCCCOCc2ccccc2)cc1. The minimum atomic E-state index is 0.714. The Labute approximate surface area is 133 Å². The number of hydrogen-bond acceptors (Lipinski definition) is 2. The van der Waals surface area contributed by atoms with Crippen molar-refractivity contribution in [3.05, 3.63) is 71.3 Å². The lowest BCUT2D eigenvalue weighted by molar-refractivity contribution is 0.117. The molecule has 0 bridgehead atoms. The largest absolute Gasteiger partial charge is 0.377 e. The Bertz CT molecular complexity index is 569. The van der Waals surface area contributed by atoms with E-state index < -0.39 is 0 Å². The van der Waals surface area contributed by atoms with Gasteiger partial charge in [-0.15, -0.1) is 0 Å². The maximum absolute atomic E-state index is 8.76. The molecule has 0 aromatic heterocycles. The zero-order valence-corrected chi connectivity index (χ0v) is 13.0. The van der Waals surface area contributed by atoms with Gasteiger partial charge >= 0.3 is 0 Å². The number of unbranched alkanes of at least 4 members (excludes halogenated alkanes) is 3. The molecule has 0 radical (unpaired) electrons. The van der Waals surface area contributed by atoms with E-state index in [-0.39, 0.29) is 0 Å². The summed E-state index contributed by atoms with van der Waals surface area (Å²) in [7, 11) is 0. The molecule has 114 valence electrons. The smallest absolute Gasteiger partial charge is 0.0991 e. The lowest BCUT2D eigenvalue weighted by Crippen LogP contribution is -1.95. The topological polar surface area (TPSA) is 33.0 Å². The van der Waals surface area contributed by atoms with Crippen molar-refractivity contribution in [2.75, 3.05) is 6.61 Å². The van der Waals surface area contributed by atoms with Gasteiger partial charge in [0.2, 0.25) is 0 Å². The van der Waals surface area contributed by atoms with Crippen LogP contribution in [0.4, 0.5) is 0 Å². The first-order valence-corrected chi connectivity index (χ1v) is 7.99. The van der Waals surface area contributed by atoms with Gasteiger partial charge in [0.15, 0.2) is 0 Å². The standard InChI is InChI=1S/C20H23NO/c21-16-19-13-11-18(12-14-19)8-4-1-2-7-15-22-17-20-9-5-3-6-10-20/h3,5-6,9-14H,1-2,4,7-8,15,17H2. The molecule has 0 unspecified atom stereocenters. The van der Waals surface area contributed by atoms with E-state index in [1.165, 1.54) is 30.4 Å². The predicted molar refractivity (Wildman–Crippen MR) is 89.4 cm³/mol. The van der Waals surface area contributed by atoms with E-state index in [9.17, 15) is 0 Å². The van der Waals surface area contributed by atoms with Gasteiger partial charge in [0.05, 0.1) is 18.2 Å². The van der Waals surface area contributed by atoms with Crippen molar-refractivity contribution in [3.63, 3.8) is 0 Å². The molecule has 0 saturated heterocycles. The van der Waals surface area contributed by atoms with Crippen LogP contribution in [0.3, 0.4) is 0 Å². The fourth-order valence-corrected chi connectivity index (χ4v) is 2.40. The van der Waals surface area contributed by atoms with Crippen LogP contribution < -0.4 is 0 Å². The molecule has 2 aromatic carbocycles. The van der Waals surface area contributed by atoms with Crippen LogP contribution in [0.25, 0.3) is 0 Å². The summed E-state index contributed by atoms with van der Waals surface area (Å²) < 4.78 is 5.68. The van der Waals surface area contributed by atoms with Gasteiger partial charge in [-0.05, 0) is 42.5 Å². The first-order valence-electron chi connectivity index (χ1n) is 7.99. The first kappa shape index (κ1) is 16.3. The Morgan fingerprint density at radius 2 is 1.50 bits per heavy atom. The number of aryl methyl sites for hydroxylation is 1. The normalized spacial score (nSPS) is 10.3. The third kappa shape index (κ3) is 6.11. The van der Waals surface area contributed by atoms with Crippen LogP contribution >= 0.6 is 0 Å². The molecule has 2 aromatic rings. The first-order chi connectivity index (χ1) is 10.9. The van der Waals surface area contributed by atoms with Gasteiger partial charge < -0.3 is 4.74 Å². The summed E-state index contributed by atoms with van der Waals surface area (Å²) in [6, 6.07) is 20.4. The lowest BCUT2D eigenvalue weighted by Gasteiger charge is -2.05. The maximum atomic E-state index is 8.76. The van der Waals surface area contributed by atoms with Crippen molar-refractivity contribution >= 4 is 0 Å². The second-order valence-electron chi connectivity index (χ2n) is 5.51. The molecule has 0 atom stereocenters. The number of hydrogen-bond donors (Lipinski definition) is 0. The molecular weight excluding hydrogens is 270 g/mol. The summed E-state index contributed by atoms with van der Waals surface area (Å²) >= 11 is 0. The van der Waals surface area contributed by atoms with E-state index in [1.54, 1.807) is 0 Å². The van der Waals surface area contributed by atoms with Crippen molar-refractivity contribution in [2.24, 2.45) is 0 Å². The van der Waals surface area contributed by atoms with E-state index >= 15 is 0 Å². The highest BCUT2D eigenvalue weighted by molar-refractivity contribution is 5.31. The Hall–Kier alpha value is -2.11. The molecule has 0 spiro atoms. The Kier molecular flexibility index (Phi) is 7.21.